The van der Waals surface area contributed by atoms with Gasteiger partial charge in [-0.05, 0) is 69.4 Å². The lowest BCUT2D eigenvalue weighted by atomic mass is 9.88. The lowest BCUT2D eigenvalue weighted by Gasteiger charge is -2.19. The molecule has 0 aromatic carbocycles. The van der Waals surface area contributed by atoms with Gasteiger partial charge >= 0.3 is 0 Å². The van der Waals surface area contributed by atoms with Gasteiger partial charge in [0.1, 0.15) is 0 Å². The van der Waals surface area contributed by atoms with E-state index in [1.54, 1.807) is 5.57 Å². The Labute approximate surface area is 173 Å². The van der Waals surface area contributed by atoms with Crippen LogP contribution < -0.4 is 5.32 Å². The maximum atomic E-state index is 10.5. The van der Waals surface area contributed by atoms with E-state index in [1.165, 1.54) is 44.9 Å². The van der Waals surface area contributed by atoms with Crippen LogP contribution in [0.2, 0.25) is 0 Å². The van der Waals surface area contributed by atoms with E-state index in [1.807, 2.05) is 6.08 Å². The van der Waals surface area contributed by atoms with Crippen LogP contribution >= 0.6 is 0 Å². The highest BCUT2D eigenvalue weighted by Gasteiger charge is 2.43. The summed E-state index contributed by atoms with van der Waals surface area (Å²) in [5.74, 6) is 1.87. The predicted octanol–water partition coefficient (Wildman–Crippen LogP) is 5.23. The SMILES string of the molecule is CCCC[C@H](C)C[C@H](O)C=C[C@@H]1[C@H]2CC(CCCCCNCC)=C[C@H]2C[C@H]1O. The summed E-state index contributed by atoms with van der Waals surface area (Å²) in [5, 5.41) is 24.3. The highest BCUT2D eigenvalue weighted by molar-refractivity contribution is 5.21. The van der Waals surface area contributed by atoms with Crippen molar-refractivity contribution in [3.8, 4) is 0 Å². The number of unbranched alkanes of at least 4 members (excludes halogenated alkanes) is 3. The van der Waals surface area contributed by atoms with Crippen molar-refractivity contribution in [2.24, 2.45) is 23.7 Å². The molecule has 3 heteroatoms. The van der Waals surface area contributed by atoms with E-state index in [-0.39, 0.29) is 18.1 Å². The molecular weight excluding hydrogens is 346 g/mol. The van der Waals surface area contributed by atoms with Crippen LogP contribution in [0.25, 0.3) is 0 Å². The minimum absolute atomic E-state index is 0.216. The summed E-state index contributed by atoms with van der Waals surface area (Å²) in [4.78, 5) is 0. The van der Waals surface area contributed by atoms with Gasteiger partial charge in [-0.15, -0.1) is 0 Å². The minimum atomic E-state index is -0.372. The largest absolute Gasteiger partial charge is 0.392 e. The second-order valence-electron chi connectivity index (χ2n) is 9.34. The molecule has 1 fully saturated rings. The molecule has 162 valence electrons. The van der Waals surface area contributed by atoms with Crippen LogP contribution in [0.5, 0.6) is 0 Å². The van der Waals surface area contributed by atoms with Gasteiger partial charge in [0, 0.05) is 5.92 Å². The van der Waals surface area contributed by atoms with Gasteiger partial charge in [-0.25, -0.2) is 0 Å². The van der Waals surface area contributed by atoms with Gasteiger partial charge in [0.2, 0.25) is 0 Å². The lowest BCUT2D eigenvalue weighted by molar-refractivity contribution is 0.139. The molecule has 6 atom stereocenters. The van der Waals surface area contributed by atoms with Crippen LogP contribution in [0.4, 0.5) is 0 Å². The average molecular weight is 392 g/mol. The zero-order valence-electron chi connectivity index (χ0n) is 18.6. The first-order valence-electron chi connectivity index (χ1n) is 12.0. The summed E-state index contributed by atoms with van der Waals surface area (Å²) in [6.45, 7) is 8.82. The fourth-order valence-electron chi connectivity index (χ4n) is 5.16. The number of hydrogen-bond donors (Lipinski definition) is 3. The summed E-state index contributed by atoms with van der Waals surface area (Å²) in [5.41, 5.74) is 1.61. The second kappa shape index (κ2) is 12.8. The molecule has 0 spiro atoms. The number of nitrogens with one attached hydrogen (secondary N) is 1. The van der Waals surface area contributed by atoms with E-state index in [2.05, 4.69) is 38.2 Å². The number of allylic oxidation sites excluding steroid dienone is 2. The van der Waals surface area contributed by atoms with Crippen molar-refractivity contribution in [1.82, 2.24) is 5.32 Å². The van der Waals surface area contributed by atoms with Crippen LogP contribution in [0.3, 0.4) is 0 Å². The van der Waals surface area contributed by atoms with Gasteiger partial charge in [-0.1, -0.05) is 70.3 Å². The Hall–Kier alpha value is -0.640. The molecule has 0 bridgehead atoms. The van der Waals surface area contributed by atoms with Gasteiger partial charge < -0.3 is 15.5 Å². The van der Waals surface area contributed by atoms with Gasteiger partial charge in [0.05, 0.1) is 12.2 Å². The number of fused-ring (bicyclic) bond motifs is 1. The molecule has 2 aliphatic rings. The molecule has 0 saturated heterocycles. The van der Waals surface area contributed by atoms with Crippen molar-refractivity contribution in [3.63, 3.8) is 0 Å². The molecule has 3 N–H and O–H groups in total. The minimum Gasteiger partial charge on any atom is -0.392 e. The molecule has 2 rings (SSSR count). The molecule has 2 aliphatic carbocycles. The monoisotopic (exact) mass is 391 g/mol. The van der Waals surface area contributed by atoms with E-state index in [9.17, 15) is 10.2 Å². The van der Waals surface area contributed by atoms with Crippen LogP contribution in [0.1, 0.15) is 85.0 Å². The molecule has 0 unspecified atom stereocenters. The van der Waals surface area contributed by atoms with E-state index in [4.69, 9.17) is 0 Å². The molecule has 0 aromatic heterocycles. The van der Waals surface area contributed by atoms with Crippen molar-refractivity contribution < 1.29 is 10.2 Å². The summed E-state index contributed by atoms with van der Waals surface area (Å²) < 4.78 is 0. The Morgan fingerprint density at radius 3 is 2.79 bits per heavy atom. The average Bonchev–Trinajstić information content (AvgIpc) is 3.17. The van der Waals surface area contributed by atoms with Crippen LogP contribution in [0, 0.1) is 23.7 Å². The third-order valence-corrected chi connectivity index (χ3v) is 6.80. The Bertz CT molecular complexity index is 487. The van der Waals surface area contributed by atoms with Crippen LogP contribution in [0.15, 0.2) is 23.8 Å². The van der Waals surface area contributed by atoms with E-state index in [0.29, 0.717) is 17.8 Å². The third kappa shape index (κ3) is 7.65. The Balaban J connectivity index is 1.74. The van der Waals surface area contributed by atoms with E-state index < -0.39 is 0 Å². The highest BCUT2D eigenvalue weighted by Crippen LogP contribution is 2.48. The summed E-state index contributed by atoms with van der Waals surface area (Å²) in [6, 6.07) is 0. The summed E-state index contributed by atoms with van der Waals surface area (Å²) >= 11 is 0. The lowest BCUT2D eigenvalue weighted by Crippen LogP contribution is -2.18. The summed E-state index contributed by atoms with van der Waals surface area (Å²) in [7, 11) is 0. The molecular formula is C25H45NO2. The highest BCUT2D eigenvalue weighted by atomic mass is 16.3. The van der Waals surface area contributed by atoms with Gasteiger partial charge in [-0.3, -0.25) is 0 Å². The topological polar surface area (TPSA) is 52.5 Å². The first-order valence-corrected chi connectivity index (χ1v) is 12.0. The van der Waals surface area contributed by atoms with Gasteiger partial charge in [-0.2, -0.15) is 0 Å². The number of aliphatic hydroxyl groups is 2. The van der Waals surface area contributed by atoms with Gasteiger partial charge in [0.25, 0.3) is 0 Å². The fraction of sp³-hybridized carbons (Fsp3) is 0.840. The van der Waals surface area contributed by atoms with Crippen molar-refractivity contribution in [1.29, 1.82) is 0 Å². The van der Waals surface area contributed by atoms with Crippen molar-refractivity contribution in [2.75, 3.05) is 13.1 Å². The molecule has 0 aliphatic heterocycles. The Morgan fingerprint density at radius 2 is 2.04 bits per heavy atom. The predicted molar refractivity (Wildman–Crippen MR) is 119 cm³/mol. The number of aliphatic hydroxyl groups excluding tert-OH is 2. The molecule has 0 amide bonds. The Morgan fingerprint density at radius 1 is 1.21 bits per heavy atom. The number of rotatable bonds is 14. The summed E-state index contributed by atoms with van der Waals surface area (Å²) in [6.07, 6.45) is 17.6. The fourth-order valence-corrected chi connectivity index (χ4v) is 5.16. The van der Waals surface area contributed by atoms with Crippen LogP contribution in [-0.4, -0.2) is 35.5 Å². The first kappa shape index (κ1) is 23.6. The van der Waals surface area contributed by atoms with Crippen LogP contribution in [-0.2, 0) is 0 Å². The van der Waals surface area contributed by atoms with E-state index in [0.717, 1.165) is 32.4 Å². The van der Waals surface area contributed by atoms with Gasteiger partial charge in [0.15, 0.2) is 0 Å². The first-order chi connectivity index (χ1) is 13.5. The standard InChI is InChI=1S/C25H45NO2/c1-4-6-10-19(3)15-22(27)12-13-23-24-17-20(16-21(24)18-25(23)28)11-8-7-9-14-26-5-2/h12-13,16,19,21-28H,4-11,14-15,17-18H2,1-3H3/t19-,21-,22+,23+,24-,25+/m0/s1. The quantitative estimate of drug-likeness (QED) is 0.281. The third-order valence-electron chi connectivity index (χ3n) is 6.80. The van der Waals surface area contributed by atoms with Crippen molar-refractivity contribution in [3.05, 3.63) is 23.8 Å². The molecule has 0 aromatic rings. The second-order valence-corrected chi connectivity index (χ2v) is 9.34. The zero-order chi connectivity index (χ0) is 20.4. The normalized spacial score (nSPS) is 29.2. The zero-order valence-corrected chi connectivity index (χ0v) is 18.6. The molecule has 0 heterocycles. The molecule has 3 nitrogen and oxygen atoms in total. The van der Waals surface area contributed by atoms with Crippen molar-refractivity contribution >= 4 is 0 Å². The van der Waals surface area contributed by atoms with Crippen molar-refractivity contribution in [2.45, 2.75) is 97.2 Å². The maximum absolute atomic E-state index is 10.5. The van der Waals surface area contributed by atoms with E-state index >= 15 is 0 Å². The molecule has 1 saturated carbocycles. The number of hydrogen-bond acceptors (Lipinski definition) is 3. The molecule has 0 radical (unpaired) electrons. The maximum Gasteiger partial charge on any atom is 0.0723 e. The Kier molecular flexibility index (Phi) is 10.8. The molecule has 28 heavy (non-hydrogen) atoms. The smallest absolute Gasteiger partial charge is 0.0723 e.